The monoisotopic (exact) mass is 398 g/mol. The van der Waals surface area contributed by atoms with Crippen molar-refractivity contribution in [3.05, 3.63) is 59.2 Å². The number of amides is 1. The van der Waals surface area contributed by atoms with Crippen LogP contribution in [-0.4, -0.2) is 44.7 Å². The normalized spacial score (nSPS) is 10.4. The molecule has 0 heterocycles. The van der Waals surface area contributed by atoms with Gasteiger partial charge >= 0.3 is 11.9 Å². The number of methoxy groups -OCH3 is 2. The molecule has 0 aliphatic carbocycles. The van der Waals surface area contributed by atoms with Gasteiger partial charge in [0.25, 0.3) is 5.91 Å². The van der Waals surface area contributed by atoms with Crippen LogP contribution in [0.4, 0.5) is 11.4 Å². The second-order valence-electron chi connectivity index (χ2n) is 6.62. The van der Waals surface area contributed by atoms with Crippen LogP contribution in [0.2, 0.25) is 0 Å². The molecular weight excluding hydrogens is 372 g/mol. The number of benzene rings is 2. The molecule has 2 aromatic carbocycles. The first-order chi connectivity index (χ1) is 13.8. The predicted molar refractivity (Wildman–Crippen MR) is 112 cm³/mol. The fourth-order valence-corrected chi connectivity index (χ4v) is 3.03. The van der Waals surface area contributed by atoms with Gasteiger partial charge in [-0.05, 0) is 63.2 Å². The predicted octanol–water partition coefficient (Wildman–Crippen LogP) is 3.75. The SMILES string of the molecule is CCN(c1ccc(C(=O)Nc2cc(C(=O)OC)ccc2C(=O)OC)cc1)C(C)C. The molecule has 0 spiro atoms. The largest absolute Gasteiger partial charge is 0.465 e. The molecule has 0 aliphatic rings. The number of hydrogen-bond acceptors (Lipinski definition) is 6. The molecular formula is C22H26N2O5. The highest BCUT2D eigenvalue weighted by Gasteiger charge is 2.18. The molecule has 0 unspecified atom stereocenters. The Morgan fingerprint density at radius 2 is 1.52 bits per heavy atom. The summed E-state index contributed by atoms with van der Waals surface area (Å²) in [6.45, 7) is 7.13. The maximum Gasteiger partial charge on any atom is 0.339 e. The second-order valence-corrected chi connectivity index (χ2v) is 6.62. The van der Waals surface area contributed by atoms with E-state index < -0.39 is 17.8 Å². The van der Waals surface area contributed by atoms with Crippen molar-refractivity contribution in [2.24, 2.45) is 0 Å². The van der Waals surface area contributed by atoms with E-state index in [2.05, 4.69) is 31.0 Å². The Hall–Kier alpha value is -3.35. The summed E-state index contributed by atoms with van der Waals surface area (Å²) in [6, 6.07) is 11.8. The van der Waals surface area contributed by atoms with Gasteiger partial charge in [0.15, 0.2) is 0 Å². The Morgan fingerprint density at radius 1 is 0.931 bits per heavy atom. The number of nitrogens with zero attached hydrogens (tertiary/aromatic N) is 1. The van der Waals surface area contributed by atoms with E-state index in [1.165, 1.54) is 32.4 Å². The summed E-state index contributed by atoms with van der Waals surface area (Å²) in [5, 5.41) is 2.69. The van der Waals surface area contributed by atoms with Crippen LogP contribution in [-0.2, 0) is 9.47 Å². The number of carbonyl (C=O) groups is 3. The summed E-state index contributed by atoms with van der Waals surface area (Å²) < 4.78 is 9.46. The highest BCUT2D eigenvalue weighted by atomic mass is 16.5. The maximum atomic E-state index is 12.7. The van der Waals surface area contributed by atoms with Gasteiger partial charge < -0.3 is 19.7 Å². The summed E-state index contributed by atoms with van der Waals surface area (Å²) >= 11 is 0. The summed E-state index contributed by atoms with van der Waals surface area (Å²) in [5.74, 6) is -1.60. The lowest BCUT2D eigenvalue weighted by molar-refractivity contribution is 0.0587. The van der Waals surface area contributed by atoms with E-state index in [-0.39, 0.29) is 16.8 Å². The molecule has 0 saturated carbocycles. The lowest BCUT2D eigenvalue weighted by atomic mass is 10.1. The molecule has 1 amide bonds. The third-order valence-electron chi connectivity index (χ3n) is 4.52. The molecule has 0 radical (unpaired) electrons. The molecule has 29 heavy (non-hydrogen) atoms. The van der Waals surface area contributed by atoms with Crippen LogP contribution in [0, 0.1) is 0 Å². The van der Waals surface area contributed by atoms with Crippen molar-refractivity contribution in [2.45, 2.75) is 26.8 Å². The molecule has 7 nitrogen and oxygen atoms in total. The van der Waals surface area contributed by atoms with Gasteiger partial charge in [0, 0.05) is 23.8 Å². The zero-order valence-corrected chi connectivity index (χ0v) is 17.3. The number of hydrogen-bond donors (Lipinski definition) is 1. The quantitative estimate of drug-likeness (QED) is 0.715. The minimum Gasteiger partial charge on any atom is -0.465 e. The Labute approximate surface area is 170 Å². The number of anilines is 2. The average molecular weight is 398 g/mol. The lowest BCUT2D eigenvalue weighted by Gasteiger charge is -2.27. The highest BCUT2D eigenvalue weighted by Crippen LogP contribution is 2.22. The first-order valence-corrected chi connectivity index (χ1v) is 9.31. The molecule has 154 valence electrons. The summed E-state index contributed by atoms with van der Waals surface area (Å²) in [6.07, 6.45) is 0. The van der Waals surface area contributed by atoms with Crippen molar-refractivity contribution in [3.63, 3.8) is 0 Å². The fourth-order valence-electron chi connectivity index (χ4n) is 3.03. The topological polar surface area (TPSA) is 84.9 Å². The Bertz CT molecular complexity index is 891. The summed E-state index contributed by atoms with van der Waals surface area (Å²) in [5.41, 5.74) is 1.96. The number of nitrogens with one attached hydrogen (secondary N) is 1. The van der Waals surface area contributed by atoms with Crippen LogP contribution in [0.3, 0.4) is 0 Å². The molecule has 1 N–H and O–H groups in total. The van der Waals surface area contributed by atoms with E-state index >= 15 is 0 Å². The van der Waals surface area contributed by atoms with Crippen molar-refractivity contribution in [1.82, 2.24) is 0 Å². The Balaban J connectivity index is 2.31. The van der Waals surface area contributed by atoms with Gasteiger partial charge in [-0.25, -0.2) is 9.59 Å². The van der Waals surface area contributed by atoms with Crippen molar-refractivity contribution in [2.75, 3.05) is 31.0 Å². The molecule has 0 atom stereocenters. The van der Waals surface area contributed by atoms with E-state index in [0.717, 1.165) is 12.2 Å². The third kappa shape index (κ3) is 5.13. The first kappa shape index (κ1) is 21.9. The first-order valence-electron chi connectivity index (χ1n) is 9.31. The van der Waals surface area contributed by atoms with E-state index in [0.29, 0.717) is 11.6 Å². The van der Waals surface area contributed by atoms with Gasteiger partial charge in [0.1, 0.15) is 0 Å². The molecule has 0 fully saturated rings. The van der Waals surface area contributed by atoms with E-state index in [4.69, 9.17) is 9.47 Å². The van der Waals surface area contributed by atoms with E-state index in [9.17, 15) is 14.4 Å². The van der Waals surface area contributed by atoms with Crippen molar-refractivity contribution in [3.8, 4) is 0 Å². The standard InChI is InChI=1S/C22H26N2O5/c1-6-24(14(2)3)17-10-7-15(8-11-17)20(25)23-19-13-16(21(26)28-4)9-12-18(19)22(27)29-5/h7-14H,6H2,1-5H3,(H,23,25). The average Bonchev–Trinajstić information content (AvgIpc) is 2.73. The molecule has 0 aromatic heterocycles. The minimum absolute atomic E-state index is 0.141. The summed E-state index contributed by atoms with van der Waals surface area (Å²) in [7, 11) is 2.50. The van der Waals surface area contributed by atoms with Crippen molar-refractivity contribution in [1.29, 1.82) is 0 Å². The van der Waals surface area contributed by atoms with Crippen LogP contribution in [0.15, 0.2) is 42.5 Å². The van der Waals surface area contributed by atoms with E-state index in [1.54, 1.807) is 12.1 Å². The van der Waals surface area contributed by atoms with Crippen LogP contribution < -0.4 is 10.2 Å². The van der Waals surface area contributed by atoms with Crippen molar-refractivity contribution >= 4 is 29.2 Å². The Morgan fingerprint density at radius 3 is 2.03 bits per heavy atom. The molecule has 7 heteroatoms. The second kappa shape index (κ2) is 9.73. The molecule has 0 bridgehead atoms. The lowest BCUT2D eigenvalue weighted by Crippen LogP contribution is -2.30. The van der Waals surface area contributed by atoms with Crippen molar-refractivity contribution < 1.29 is 23.9 Å². The van der Waals surface area contributed by atoms with Gasteiger partial charge in [0.05, 0.1) is 31.0 Å². The van der Waals surface area contributed by atoms with Crippen LogP contribution in [0.5, 0.6) is 0 Å². The number of esters is 2. The Kier molecular flexibility index (Phi) is 7.36. The molecule has 0 saturated heterocycles. The van der Waals surface area contributed by atoms with Crippen LogP contribution in [0.25, 0.3) is 0 Å². The van der Waals surface area contributed by atoms with Gasteiger partial charge in [-0.3, -0.25) is 4.79 Å². The minimum atomic E-state index is -0.623. The fraction of sp³-hybridized carbons (Fsp3) is 0.318. The van der Waals surface area contributed by atoms with Crippen LogP contribution in [0.1, 0.15) is 51.8 Å². The van der Waals surface area contributed by atoms with Gasteiger partial charge in [0.2, 0.25) is 0 Å². The number of ether oxygens (including phenoxy) is 2. The van der Waals surface area contributed by atoms with Gasteiger partial charge in [-0.1, -0.05) is 0 Å². The smallest absolute Gasteiger partial charge is 0.339 e. The molecule has 2 aromatic rings. The number of carbonyl (C=O) groups excluding carboxylic acids is 3. The van der Waals surface area contributed by atoms with E-state index in [1.807, 2.05) is 12.1 Å². The molecule has 2 rings (SSSR count). The van der Waals surface area contributed by atoms with Gasteiger partial charge in [-0.15, -0.1) is 0 Å². The highest BCUT2D eigenvalue weighted by molar-refractivity contribution is 6.09. The maximum absolute atomic E-state index is 12.7. The number of rotatable bonds is 7. The zero-order valence-electron chi connectivity index (χ0n) is 17.3. The van der Waals surface area contributed by atoms with Crippen LogP contribution >= 0.6 is 0 Å². The van der Waals surface area contributed by atoms with Gasteiger partial charge in [-0.2, -0.15) is 0 Å². The third-order valence-corrected chi connectivity index (χ3v) is 4.52. The zero-order chi connectivity index (χ0) is 21.6. The molecule has 0 aliphatic heterocycles. The summed E-state index contributed by atoms with van der Waals surface area (Å²) in [4.78, 5) is 38.8.